The van der Waals surface area contributed by atoms with Gasteiger partial charge in [-0.1, -0.05) is 48.5 Å². The molecule has 0 aromatic heterocycles. The quantitative estimate of drug-likeness (QED) is 0.696. The van der Waals surface area contributed by atoms with E-state index in [0.717, 1.165) is 0 Å². The van der Waals surface area contributed by atoms with Crippen molar-refractivity contribution in [3.05, 3.63) is 71.5 Å². The monoisotopic (exact) mass is 204 g/mol. The van der Waals surface area contributed by atoms with Crippen LogP contribution in [0.25, 0.3) is 0 Å². The molecule has 0 amide bonds. The summed E-state index contributed by atoms with van der Waals surface area (Å²) in [7, 11) is 0. The van der Waals surface area contributed by atoms with Gasteiger partial charge in [-0.3, -0.25) is 0 Å². The Bertz CT molecular complexity index is 437. The highest BCUT2D eigenvalue weighted by Crippen LogP contribution is 2.27. The molecule has 0 saturated heterocycles. The lowest BCUT2D eigenvalue weighted by Gasteiger charge is -2.09. The average molecular weight is 204 g/mol. The number of alkyl halides is 1. The van der Waals surface area contributed by atoms with Crippen molar-refractivity contribution in [3.8, 4) is 0 Å². The molecule has 15 heavy (non-hydrogen) atoms. The van der Waals surface area contributed by atoms with E-state index in [-0.39, 0.29) is 5.56 Å². The molecule has 0 N–H and O–H groups in total. The molecule has 0 spiro atoms. The Morgan fingerprint density at radius 3 is 2.07 bits per heavy atom. The van der Waals surface area contributed by atoms with E-state index in [4.69, 9.17) is 0 Å². The van der Waals surface area contributed by atoms with Gasteiger partial charge < -0.3 is 0 Å². The molecule has 0 bridgehead atoms. The van der Waals surface area contributed by atoms with Crippen molar-refractivity contribution in [2.45, 2.75) is 6.17 Å². The topological polar surface area (TPSA) is 0 Å². The Balaban J connectivity index is 2.37. The Morgan fingerprint density at radius 1 is 0.800 bits per heavy atom. The highest BCUT2D eigenvalue weighted by molar-refractivity contribution is 5.30. The second-order valence-electron chi connectivity index (χ2n) is 3.29. The van der Waals surface area contributed by atoms with Gasteiger partial charge in [0.25, 0.3) is 0 Å². The van der Waals surface area contributed by atoms with Crippen molar-refractivity contribution in [1.29, 1.82) is 0 Å². The van der Waals surface area contributed by atoms with Crippen LogP contribution in [-0.2, 0) is 0 Å². The molecule has 0 aliphatic carbocycles. The predicted molar refractivity (Wildman–Crippen MR) is 55.8 cm³/mol. The largest absolute Gasteiger partial charge is 0.237 e. The zero-order chi connectivity index (χ0) is 10.7. The third-order valence-electron chi connectivity index (χ3n) is 2.27. The molecule has 0 radical (unpaired) electrons. The van der Waals surface area contributed by atoms with E-state index in [2.05, 4.69) is 0 Å². The van der Waals surface area contributed by atoms with Gasteiger partial charge in [-0.05, 0) is 11.6 Å². The number of rotatable bonds is 2. The van der Waals surface area contributed by atoms with Crippen LogP contribution in [0.4, 0.5) is 8.78 Å². The summed E-state index contributed by atoms with van der Waals surface area (Å²) >= 11 is 0. The molecule has 2 aromatic carbocycles. The lowest BCUT2D eigenvalue weighted by atomic mass is 10.0. The molecule has 0 nitrogen and oxygen atoms in total. The van der Waals surface area contributed by atoms with Crippen molar-refractivity contribution >= 4 is 0 Å². The molecule has 0 aliphatic rings. The van der Waals surface area contributed by atoms with Crippen LogP contribution in [0.3, 0.4) is 0 Å². The Labute approximate surface area is 87.2 Å². The summed E-state index contributed by atoms with van der Waals surface area (Å²) in [4.78, 5) is 0. The second kappa shape index (κ2) is 4.22. The van der Waals surface area contributed by atoms with Crippen molar-refractivity contribution in [1.82, 2.24) is 0 Å². The summed E-state index contributed by atoms with van der Waals surface area (Å²) < 4.78 is 27.2. The van der Waals surface area contributed by atoms with Crippen LogP contribution < -0.4 is 0 Å². The number of hydrogen-bond donors (Lipinski definition) is 0. The summed E-state index contributed by atoms with van der Waals surface area (Å²) in [5.41, 5.74) is 0.561. The third kappa shape index (κ3) is 2.04. The van der Waals surface area contributed by atoms with Crippen LogP contribution in [0.1, 0.15) is 17.3 Å². The molecular formula is C13H10F2. The molecule has 2 rings (SSSR count). The first-order valence-corrected chi connectivity index (χ1v) is 4.72. The zero-order valence-corrected chi connectivity index (χ0v) is 8.03. The van der Waals surface area contributed by atoms with Crippen LogP contribution >= 0.6 is 0 Å². The van der Waals surface area contributed by atoms with Crippen LogP contribution in [0.5, 0.6) is 0 Å². The molecule has 1 atom stereocenters. The van der Waals surface area contributed by atoms with Crippen molar-refractivity contribution in [2.24, 2.45) is 0 Å². The zero-order valence-electron chi connectivity index (χ0n) is 8.03. The minimum absolute atomic E-state index is 0.0868. The maximum absolute atomic E-state index is 13.9. The van der Waals surface area contributed by atoms with E-state index in [9.17, 15) is 8.78 Å². The summed E-state index contributed by atoms with van der Waals surface area (Å²) in [6, 6.07) is 14.5. The Hall–Kier alpha value is -1.70. The highest BCUT2D eigenvalue weighted by Gasteiger charge is 2.15. The fraction of sp³-hybridized carbons (Fsp3) is 0.0769. The Morgan fingerprint density at radius 2 is 1.40 bits per heavy atom. The lowest BCUT2D eigenvalue weighted by Crippen LogP contribution is -1.97. The van der Waals surface area contributed by atoms with E-state index < -0.39 is 12.0 Å². The van der Waals surface area contributed by atoms with E-state index in [1.807, 2.05) is 0 Å². The SMILES string of the molecule is Fc1ccccc1C(F)c1ccccc1. The van der Waals surface area contributed by atoms with E-state index in [1.54, 1.807) is 42.5 Å². The fourth-order valence-corrected chi connectivity index (χ4v) is 1.48. The normalized spacial score (nSPS) is 12.4. The van der Waals surface area contributed by atoms with Gasteiger partial charge in [-0.2, -0.15) is 0 Å². The van der Waals surface area contributed by atoms with Gasteiger partial charge in [0.2, 0.25) is 0 Å². The molecule has 2 heteroatoms. The van der Waals surface area contributed by atoms with E-state index in [0.29, 0.717) is 5.56 Å². The number of halogens is 2. The summed E-state index contributed by atoms with van der Waals surface area (Å²) in [5, 5.41) is 0. The van der Waals surface area contributed by atoms with Crippen molar-refractivity contribution in [3.63, 3.8) is 0 Å². The fourth-order valence-electron chi connectivity index (χ4n) is 1.48. The number of hydrogen-bond acceptors (Lipinski definition) is 0. The van der Waals surface area contributed by atoms with Crippen LogP contribution in [-0.4, -0.2) is 0 Å². The summed E-state index contributed by atoms with van der Waals surface area (Å²) in [6.07, 6.45) is -1.40. The summed E-state index contributed by atoms with van der Waals surface area (Å²) in [6.45, 7) is 0. The maximum atomic E-state index is 13.9. The highest BCUT2D eigenvalue weighted by atomic mass is 19.1. The summed E-state index contributed by atoms with van der Waals surface area (Å²) in [5.74, 6) is -0.506. The minimum atomic E-state index is -1.40. The van der Waals surface area contributed by atoms with Gasteiger partial charge in [0, 0.05) is 5.56 Å². The van der Waals surface area contributed by atoms with Gasteiger partial charge in [0.15, 0.2) is 6.17 Å². The Kier molecular flexibility index (Phi) is 2.77. The number of benzene rings is 2. The van der Waals surface area contributed by atoms with Crippen LogP contribution in [0.2, 0.25) is 0 Å². The van der Waals surface area contributed by atoms with E-state index in [1.165, 1.54) is 12.1 Å². The average Bonchev–Trinajstić information content (AvgIpc) is 2.30. The third-order valence-corrected chi connectivity index (χ3v) is 2.27. The first kappa shape index (κ1) is 9.84. The molecule has 0 heterocycles. The van der Waals surface area contributed by atoms with Gasteiger partial charge in [-0.25, -0.2) is 8.78 Å². The van der Waals surface area contributed by atoms with Gasteiger partial charge in [0.05, 0.1) is 0 Å². The second-order valence-corrected chi connectivity index (χ2v) is 3.29. The molecule has 1 unspecified atom stereocenters. The molecule has 0 saturated carbocycles. The van der Waals surface area contributed by atoms with Crippen molar-refractivity contribution < 1.29 is 8.78 Å². The smallest absolute Gasteiger partial charge is 0.153 e. The molecule has 0 fully saturated rings. The van der Waals surface area contributed by atoms with Crippen LogP contribution in [0.15, 0.2) is 54.6 Å². The molecule has 0 aliphatic heterocycles. The van der Waals surface area contributed by atoms with Gasteiger partial charge in [-0.15, -0.1) is 0 Å². The maximum Gasteiger partial charge on any atom is 0.153 e. The van der Waals surface area contributed by atoms with Crippen molar-refractivity contribution in [2.75, 3.05) is 0 Å². The minimum Gasteiger partial charge on any atom is -0.237 e. The van der Waals surface area contributed by atoms with Gasteiger partial charge >= 0.3 is 0 Å². The van der Waals surface area contributed by atoms with E-state index >= 15 is 0 Å². The first-order valence-electron chi connectivity index (χ1n) is 4.72. The lowest BCUT2D eigenvalue weighted by molar-refractivity contribution is 0.387. The van der Waals surface area contributed by atoms with Gasteiger partial charge in [0.1, 0.15) is 5.82 Å². The predicted octanol–water partition coefficient (Wildman–Crippen LogP) is 3.88. The van der Waals surface area contributed by atoms with Crippen LogP contribution in [0, 0.1) is 5.82 Å². The molecule has 2 aromatic rings. The standard InChI is InChI=1S/C13H10F2/c14-12-9-5-4-8-11(12)13(15)10-6-2-1-3-7-10/h1-9,13H. The molecule has 76 valence electrons. The first-order chi connectivity index (χ1) is 7.29. The molecular weight excluding hydrogens is 194 g/mol.